The SMILES string of the molecule is O=C(NCC1CC1)[C@H]1CSCN1C(=O)CCc1ccsc1. The maximum absolute atomic E-state index is 12.3. The van der Waals surface area contributed by atoms with Gasteiger partial charge in [0.15, 0.2) is 0 Å². The zero-order valence-electron chi connectivity index (χ0n) is 11.9. The molecule has 2 fully saturated rings. The van der Waals surface area contributed by atoms with E-state index in [4.69, 9.17) is 0 Å². The summed E-state index contributed by atoms with van der Waals surface area (Å²) in [7, 11) is 0. The molecule has 6 heteroatoms. The van der Waals surface area contributed by atoms with Gasteiger partial charge in [-0.3, -0.25) is 9.59 Å². The van der Waals surface area contributed by atoms with Crippen LogP contribution in [-0.2, 0) is 16.0 Å². The number of rotatable bonds is 6. The predicted octanol–water partition coefficient (Wildman–Crippen LogP) is 2.11. The lowest BCUT2D eigenvalue weighted by Gasteiger charge is -2.23. The van der Waals surface area contributed by atoms with Crippen molar-refractivity contribution in [1.82, 2.24) is 10.2 Å². The Labute approximate surface area is 133 Å². The molecule has 2 aliphatic rings. The number of aryl methyl sites for hydroxylation is 1. The minimum absolute atomic E-state index is 0.0239. The third-order valence-electron chi connectivity index (χ3n) is 3.97. The van der Waals surface area contributed by atoms with Crippen LogP contribution in [0, 0.1) is 5.92 Å². The molecular formula is C15H20N2O2S2. The molecule has 0 spiro atoms. The standard InChI is InChI=1S/C15H20N2O2S2/c18-14(4-3-12-5-6-20-8-12)17-10-21-9-13(17)15(19)16-7-11-1-2-11/h5-6,8,11,13H,1-4,7,9-10H2,(H,16,19)/t13-/m1/s1. The van der Waals surface area contributed by atoms with Crippen molar-refractivity contribution in [3.8, 4) is 0 Å². The Bertz CT molecular complexity index is 500. The smallest absolute Gasteiger partial charge is 0.243 e. The number of hydrogen-bond donors (Lipinski definition) is 1. The van der Waals surface area contributed by atoms with Crippen LogP contribution >= 0.6 is 23.1 Å². The molecule has 1 saturated carbocycles. The van der Waals surface area contributed by atoms with Crippen molar-refractivity contribution < 1.29 is 9.59 Å². The van der Waals surface area contributed by atoms with Crippen LogP contribution in [0.1, 0.15) is 24.8 Å². The van der Waals surface area contributed by atoms with Crippen LogP contribution in [0.15, 0.2) is 16.8 Å². The van der Waals surface area contributed by atoms with Crippen molar-refractivity contribution in [3.63, 3.8) is 0 Å². The number of amides is 2. The van der Waals surface area contributed by atoms with Gasteiger partial charge >= 0.3 is 0 Å². The van der Waals surface area contributed by atoms with Gasteiger partial charge in [0, 0.05) is 18.7 Å². The lowest BCUT2D eigenvalue weighted by Crippen LogP contribution is -2.47. The van der Waals surface area contributed by atoms with Crippen molar-refractivity contribution in [1.29, 1.82) is 0 Å². The molecule has 0 unspecified atom stereocenters. The molecule has 1 N–H and O–H groups in total. The number of nitrogens with zero attached hydrogens (tertiary/aromatic N) is 1. The molecular weight excluding hydrogens is 304 g/mol. The number of hydrogen-bond acceptors (Lipinski definition) is 4. The number of carbonyl (C=O) groups is 2. The highest BCUT2D eigenvalue weighted by Crippen LogP contribution is 2.28. The molecule has 3 rings (SSSR count). The van der Waals surface area contributed by atoms with Gasteiger partial charge in [0.05, 0.1) is 5.88 Å². The Hall–Kier alpha value is -1.01. The number of thioether (sulfide) groups is 1. The quantitative estimate of drug-likeness (QED) is 0.872. The average molecular weight is 324 g/mol. The summed E-state index contributed by atoms with van der Waals surface area (Å²) >= 11 is 3.32. The summed E-state index contributed by atoms with van der Waals surface area (Å²) in [5.41, 5.74) is 1.20. The van der Waals surface area contributed by atoms with Crippen molar-refractivity contribution in [2.75, 3.05) is 18.2 Å². The van der Waals surface area contributed by atoms with Crippen LogP contribution < -0.4 is 5.32 Å². The highest BCUT2D eigenvalue weighted by Gasteiger charge is 2.34. The first-order valence-corrected chi connectivity index (χ1v) is 9.50. The Morgan fingerprint density at radius 2 is 2.24 bits per heavy atom. The minimum atomic E-state index is -0.274. The van der Waals surface area contributed by atoms with Gasteiger partial charge in [0.1, 0.15) is 6.04 Å². The molecule has 2 heterocycles. The second-order valence-electron chi connectivity index (χ2n) is 5.70. The fraction of sp³-hybridized carbons (Fsp3) is 0.600. The van der Waals surface area contributed by atoms with Crippen LogP contribution in [0.2, 0.25) is 0 Å². The molecule has 0 aromatic carbocycles. The highest BCUT2D eigenvalue weighted by atomic mass is 32.2. The normalized spacial score (nSPS) is 21.5. The molecule has 114 valence electrons. The first kappa shape index (κ1) is 14.9. The van der Waals surface area contributed by atoms with Crippen LogP contribution in [0.4, 0.5) is 0 Å². The molecule has 1 aliphatic carbocycles. The average Bonchev–Trinajstić information content (AvgIpc) is 2.98. The van der Waals surface area contributed by atoms with Gasteiger partial charge in [-0.15, -0.1) is 11.8 Å². The van der Waals surface area contributed by atoms with E-state index in [1.807, 2.05) is 5.38 Å². The molecule has 21 heavy (non-hydrogen) atoms. The Balaban J connectivity index is 1.49. The number of nitrogens with one attached hydrogen (secondary N) is 1. The molecule has 1 aromatic rings. The second kappa shape index (κ2) is 6.83. The second-order valence-corrected chi connectivity index (χ2v) is 7.48. The fourth-order valence-corrected chi connectivity index (χ4v) is 4.30. The maximum atomic E-state index is 12.3. The van der Waals surface area contributed by atoms with Gasteiger partial charge in [-0.2, -0.15) is 11.3 Å². The summed E-state index contributed by atoms with van der Waals surface area (Å²) in [6, 6.07) is 1.78. The summed E-state index contributed by atoms with van der Waals surface area (Å²) in [5, 5.41) is 7.10. The summed E-state index contributed by atoms with van der Waals surface area (Å²) in [5.74, 6) is 2.16. The minimum Gasteiger partial charge on any atom is -0.354 e. The molecule has 2 amide bonds. The van der Waals surface area contributed by atoms with Crippen molar-refractivity contribution in [2.45, 2.75) is 31.7 Å². The summed E-state index contributed by atoms with van der Waals surface area (Å²) in [6.45, 7) is 0.775. The highest BCUT2D eigenvalue weighted by molar-refractivity contribution is 7.99. The third-order valence-corrected chi connectivity index (χ3v) is 5.72. The monoisotopic (exact) mass is 324 g/mol. The van der Waals surface area contributed by atoms with Crippen molar-refractivity contribution in [3.05, 3.63) is 22.4 Å². The van der Waals surface area contributed by atoms with Gasteiger partial charge in [-0.1, -0.05) is 0 Å². The largest absolute Gasteiger partial charge is 0.354 e. The van der Waals surface area contributed by atoms with Crippen LogP contribution in [0.5, 0.6) is 0 Å². The Kier molecular flexibility index (Phi) is 4.85. The molecule has 1 aliphatic heterocycles. The van der Waals surface area contributed by atoms with E-state index in [1.54, 1.807) is 28.0 Å². The van der Waals surface area contributed by atoms with Gasteiger partial charge in [-0.05, 0) is 47.6 Å². The van der Waals surface area contributed by atoms with Crippen LogP contribution in [0.25, 0.3) is 0 Å². The zero-order chi connectivity index (χ0) is 14.7. The first-order chi connectivity index (χ1) is 10.2. The van der Waals surface area contributed by atoms with Crippen molar-refractivity contribution >= 4 is 34.9 Å². The van der Waals surface area contributed by atoms with E-state index in [-0.39, 0.29) is 17.9 Å². The lowest BCUT2D eigenvalue weighted by molar-refractivity contribution is -0.138. The molecule has 1 saturated heterocycles. The summed E-state index contributed by atoms with van der Waals surface area (Å²) in [4.78, 5) is 26.3. The lowest BCUT2D eigenvalue weighted by atomic mass is 10.1. The predicted molar refractivity (Wildman–Crippen MR) is 86.3 cm³/mol. The van der Waals surface area contributed by atoms with Gasteiger partial charge in [0.25, 0.3) is 0 Å². The van der Waals surface area contributed by atoms with Crippen LogP contribution in [-0.4, -0.2) is 40.9 Å². The maximum Gasteiger partial charge on any atom is 0.243 e. The Morgan fingerprint density at radius 3 is 2.95 bits per heavy atom. The zero-order valence-corrected chi connectivity index (χ0v) is 13.5. The number of carbonyl (C=O) groups excluding carboxylic acids is 2. The summed E-state index contributed by atoms with van der Waals surface area (Å²) in [6.07, 6.45) is 3.70. The van der Waals surface area contributed by atoms with E-state index in [2.05, 4.69) is 16.8 Å². The van der Waals surface area contributed by atoms with Gasteiger partial charge in [-0.25, -0.2) is 0 Å². The van der Waals surface area contributed by atoms with E-state index in [0.29, 0.717) is 18.2 Å². The fourth-order valence-electron chi connectivity index (χ4n) is 2.42. The van der Waals surface area contributed by atoms with E-state index < -0.39 is 0 Å². The van der Waals surface area contributed by atoms with E-state index >= 15 is 0 Å². The van der Waals surface area contributed by atoms with Crippen LogP contribution in [0.3, 0.4) is 0 Å². The molecule has 4 nitrogen and oxygen atoms in total. The van der Waals surface area contributed by atoms with E-state index in [0.717, 1.165) is 18.7 Å². The van der Waals surface area contributed by atoms with Crippen molar-refractivity contribution in [2.24, 2.45) is 5.92 Å². The van der Waals surface area contributed by atoms with Gasteiger partial charge in [0.2, 0.25) is 11.8 Å². The molecule has 0 bridgehead atoms. The van der Waals surface area contributed by atoms with E-state index in [9.17, 15) is 9.59 Å². The van der Waals surface area contributed by atoms with Gasteiger partial charge < -0.3 is 10.2 Å². The molecule has 1 atom stereocenters. The number of thiophene rings is 1. The molecule has 1 aromatic heterocycles. The first-order valence-electron chi connectivity index (χ1n) is 7.40. The summed E-state index contributed by atoms with van der Waals surface area (Å²) < 4.78 is 0. The Morgan fingerprint density at radius 1 is 1.38 bits per heavy atom. The third kappa shape index (κ3) is 4.01. The topological polar surface area (TPSA) is 49.4 Å². The van der Waals surface area contributed by atoms with E-state index in [1.165, 1.54) is 18.4 Å². The molecule has 0 radical (unpaired) electrons.